The molecule has 1 aromatic rings. The van der Waals surface area contributed by atoms with Gasteiger partial charge in [0.25, 0.3) is 0 Å². The second-order valence-corrected chi connectivity index (χ2v) is 5.54. The van der Waals surface area contributed by atoms with E-state index in [1.54, 1.807) is 7.11 Å². The van der Waals surface area contributed by atoms with Crippen molar-refractivity contribution in [2.24, 2.45) is 0 Å². The van der Waals surface area contributed by atoms with Gasteiger partial charge < -0.3 is 15.0 Å². The van der Waals surface area contributed by atoms with Crippen LogP contribution in [-0.2, 0) is 6.42 Å². The molecule has 0 amide bonds. The number of nitrogens with one attached hydrogen (secondary N) is 1. The lowest BCUT2D eigenvalue weighted by Gasteiger charge is -2.27. The van der Waals surface area contributed by atoms with Gasteiger partial charge in [-0.05, 0) is 23.5 Å². The number of hydrogen-bond donors (Lipinski definition) is 1. The van der Waals surface area contributed by atoms with Crippen LogP contribution in [0, 0.1) is 0 Å². The predicted molar refractivity (Wildman–Crippen MR) is 80.1 cm³/mol. The molecule has 106 valence electrons. The molecule has 0 spiro atoms. The smallest absolute Gasteiger partial charge is 0.125 e. The van der Waals surface area contributed by atoms with Crippen LogP contribution < -0.4 is 10.1 Å². The lowest BCUT2D eigenvalue weighted by molar-refractivity contribution is 0.243. The highest BCUT2D eigenvalue weighted by Crippen LogP contribution is 2.30. The number of nitrogens with zero attached hydrogens (tertiary/aromatic N) is 1. The van der Waals surface area contributed by atoms with Gasteiger partial charge in [0.15, 0.2) is 0 Å². The first kappa shape index (κ1) is 14.4. The molecule has 0 atom stereocenters. The van der Waals surface area contributed by atoms with E-state index in [1.165, 1.54) is 11.1 Å². The van der Waals surface area contributed by atoms with Crippen molar-refractivity contribution in [1.29, 1.82) is 0 Å². The van der Waals surface area contributed by atoms with E-state index in [4.69, 9.17) is 4.74 Å². The van der Waals surface area contributed by atoms with Crippen LogP contribution in [0.4, 0.5) is 0 Å². The first-order chi connectivity index (χ1) is 9.22. The third-order valence-electron chi connectivity index (χ3n) is 3.86. The van der Waals surface area contributed by atoms with Crippen LogP contribution in [0.2, 0.25) is 0 Å². The monoisotopic (exact) mass is 262 g/mol. The molecule has 0 bridgehead atoms. The largest absolute Gasteiger partial charge is 0.496 e. The highest BCUT2D eigenvalue weighted by molar-refractivity contribution is 5.43. The van der Waals surface area contributed by atoms with Crippen LogP contribution in [0.3, 0.4) is 0 Å². The Kier molecular flexibility index (Phi) is 5.23. The Hall–Kier alpha value is -1.06. The van der Waals surface area contributed by atoms with Crippen molar-refractivity contribution >= 4 is 0 Å². The van der Waals surface area contributed by atoms with Gasteiger partial charge in [0.2, 0.25) is 0 Å². The number of methoxy groups -OCH3 is 1. The van der Waals surface area contributed by atoms with E-state index in [0.717, 1.165) is 44.9 Å². The van der Waals surface area contributed by atoms with E-state index in [0.29, 0.717) is 5.92 Å². The zero-order valence-corrected chi connectivity index (χ0v) is 12.4. The number of para-hydroxylation sites is 1. The fourth-order valence-corrected chi connectivity index (χ4v) is 2.72. The Morgan fingerprint density at radius 3 is 2.63 bits per heavy atom. The fraction of sp³-hybridized carbons (Fsp3) is 0.625. The average molecular weight is 262 g/mol. The minimum absolute atomic E-state index is 0.508. The minimum Gasteiger partial charge on any atom is -0.496 e. The Labute approximate surface area is 116 Å². The van der Waals surface area contributed by atoms with Crippen LogP contribution in [0.1, 0.15) is 30.9 Å². The fourth-order valence-electron chi connectivity index (χ4n) is 2.72. The molecular weight excluding hydrogens is 236 g/mol. The predicted octanol–water partition coefficient (Wildman–Crippen LogP) is 2.27. The van der Waals surface area contributed by atoms with Gasteiger partial charge >= 0.3 is 0 Å². The Bertz CT molecular complexity index is 398. The molecule has 1 aliphatic rings. The third-order valence-corrected chi connectivity index (χ3v) is 3.86. The molecule has 0 unspecified atom stereocenters. The lowest BCUT2D eigenvalue weighted by atomic mass is 9.97. The summed E-state index contributed by atoms with van der Waals surface area (Å²) in [6, 6.07) is 6.54. The first-order valence-corrected chi connectivity index (χ1v) is 7.31. The molecule has 3 heteroatoms. The summed E-state index contributed by atoms with van der Waals surface area (Å²) in [7, 11) is 1.79. The van der Waals surface area contributed by atoms with E-state index in [9.17, 15) is 0 Å². The van der Waals surface area contributed by atoms with Gasteiger partial charge in [0.1, 0.15) is 5.75 Å². The summed E-state index contributed by atoms with van der Waals surface area (Å²) in [5.74, 6) is 1.60. The minimum atomic E-state index is 0.508. The van der Waals surface area contributed by atoms with Crippen LogP contribution in [0.5, 0.6) is 5.75 Å². The number of benzene rings is 1. The van der Waals surface area contributed by atoms with Gasteiger partial charge in [-0.25, -0.2) is 0 Å². The van der Waals surface area contributed by atoms with Gasteiger partial charge in [-0.2, -0.15) is 0 Å². The van der Waals surface area contributed by atoms with Crippen molar-refractivity contribution in [3.05, 3.63) is 29.3 Å². The molecule has 1 heterocycles. The Morgan fingerprint density at radius 2 is 2.00 bits per heavy atom. The van der Waals surface area contributed by atoms with E-state index < -0.39 is 0 Å². The van der Waals surface area contributed by atoms with Gasteiger partial charge in [-0.1, -0.05) is 32.0 Å². The number of piperazine rings is 1. The van der Waals surface area contributed by atoms with Gasteiger partial charge in [-0.3, -0.25) is 0 Å². The average Bonchev–Trinajstić information content (AvgIpc) is 2.45. The van der Waals surface area contributed by atoms with Gasteiger partial charge in [0.05, 0.1) is 7.11 Å². The molecule has 0 aliphatic carbocycles. The first-order valence-electron chi connectivity index (χ1n) is 7.31. The molecule has 1 aromatic carbocycles. The van der Waals surface area contributed by atoms with Gasteiger partial charge in [-0.15, -0.1) is 0 Å². The van der Waals surface area contributed by atoms with Crippen LogP contribution in [0.25, 0.3) is 0 Å². The molecule has 19 heavy (non-hydrogen) atoms. The summed E-state index contributed by atoms with van der Waals surface area (Å²) in [4.78, 5) is 2.53. The maximum atomic E-state index is 5.65. The molecule has 1 saturated heterocycles. The van der Waals surface area contributed by atoms with Crippen molar-refractivity contribution in [1.82, 2.24) is 10.2 Å². The summed E-state index contributed by atoms with van der Waals surface area (Å²) in [6.07, 6.45) is 1.07. The molecular formula is C16H26N2O. The van der Waals surface area contributed by atoms with Crippen LogP contribution in [-0.4, -0.2) is 44.7 Å². The molecule has 2 rings (SSSR count). The highest BCUT2D eigenvalue weighted by Gasteiger charge is 2.14. The lowest BCUT2D eigenvalue weighted by Crippen LogP contribution is -2.44. The molecule has 1 fully saturated rings. The summed E-state index contributed by atoms with van der Waals surface area (Å²) in [5.41, 5.74) is 2.66. The number of rotatable bonds is 5. The van der Waals surface area contributed by atoms with Gasteiger partial charge in [0, 0.05) is 32.7 Å². The summed E-state index contributed by atoms with van der Waals surface area (Å²) in [6.45, 7) is 10.1. The number of hydrogen-bond acceptors (Lipinski definition) is 3. The molecule has 1 aliphatic heterocycles. The second-order valence-electron chi connectivity index (χ2n) is 5.54. The topological polar surface area (TPSA) is 24.5 Å². The number of ether oxygens (including phenoxy) is 1. The van der Waals surface area contributed by atoms with Crippen LogP contribution >= 0.6 is 0 Å². The SMILES string of the molecule is COc1c(CCN2CCNCC2)cccc1C(C)C. The molecule has 0 saturated carbocycles. The summed E-state index contributed by atoms with van der Waals surface area (Å²) >= 11 is 0. The zero-order valence-electron chi connectivity index (χ0n) is 12.4. The Morgan fingerprint density at radius 1 is 1.26 bits per heavy atom. The van der Waals surface area contributed by atoms with Crippen molar-refractivity contribution in [2.45, 2.75) is 26.2 Å². The van der Waals surface area contributed by atoms with Crippen molar-refractivity contribution in [2.75, 3.05) is 39.8 Å². The summed E-state index contributed by atoms with van der Waals surface area (Å²) < 4.78 is 5.65. The normalized spacial score (nSPS) is 16.8. The summed E-state index contributed by atoms with van der Waals surface area (Å²) in [5, 5.41) is 3.39. The van der Waals surface area contributed by atoms with E-state index in [-0.39, 0.29) is 0 Å². The van der Waals surface area contributed by atoms with E-state index >= 15 is 0 Å². The van der Waals surface area contributed by atoms with Crippen LogP contribution in [0.15, 0.2) is 18.2 Å². The van der Waals surface area contributed by atoms with E-state index in [2.05, 4.69) is 42.3 Å². The molecule has 0 aromatic heterocycles. The third kappa shape index (κ3) is 3.71. The van der Waals surface area contributed by atoms with Crippen molar-refractivity contribution in [3.8, 4) is 5.75 Å². The van der Waals surface area contributed by atoms with E-state index in [1.807, 2.05) is 0 Å². The highest BCUT2D eigenvalue weighted by atomic mass is 16.5. The second kappa shape index (κ2) is 6.92. The quantitative estimate of drug-likeness (QED) is 0.881. The maximum Gasteiger partial charge on any atom is 0.125 e. The molecule has 1 N–H and O–H groups in total. The van der Waals surface area contributed by atoms with Crippen molar-refractivity contribution in [3.63, 3.8) is 0 Å². The maximum absolute atomic E-state index is 5.65. The van der Waals surface area contributed by atoms with Crippen molar-refractivity contribution < 1.29 is 4.74 Å². The zero-order chi connectivity index (χ0) is 13.7. The molecule has 3 nitrogen and oxygen atoms in total. The Balaban J connectivity index is 2.04. The molecule has 0 radical (unpaired) electrons. The standard InChI is InChI=1S/C16H26N2O/c1-13(2)15-6-4-5-14(16(15)19-3)7-10-18-11-8-17-9-12-18/h4-6,13,17H,7-12H2,1-3H3.